The zero-order chi connectivity index (χ0) is 18.4. The zero-order valence-corrected chi connectivity index (χ0v) is 15.8. The van der Waals surface area contributed by atoms with Gasteiger partial charge in [-0.15, -0.1) is 0 Å². The molecule has 0 saturated carbocycles. The fraction of sp³-hybridized carbons (Fsp3) is 0.294. The molecule has 0 radical (unpaired) electrons. The number of hydrogen-bond acceptors (Lipinski definition) is 6. The predicted octanol–water partition coefficient (Wildman–Crippen LogP) is 3.05. The highest BCUT2D eigenvalue weighted by atomic mass is 32.2. The van der Waals surface area contributed by atoms with E-state index in [2.05, 4.69) is 21.7 Å². The van der Waals surface area contributed by atoms with E-state index in [0.29, 0.717) is 16.4 Å². The lowest BCUT2D eigenvalue weighted by Gasteiger charge is -2.07. The molecule has 0 saturated heterocycles. The van der Waals surface area contributed by atoms with Crippen LogP contribution in [0.15, 0.2) is 22.4 Å². The first kappa shape index (κ1) is 19.0. The van der Waals surface area contributed by atoms with Gasteiger partial charge in [-0.3, -0.25) is 9.59 Å². The van der Waals surface area contributed by atoms with Gasteiger partial charge in [-0.25, -0.2) is 4.98 Å². The monoisotopic (exact) mass is 374 g/mol. The Hall–Kier alpha value is -2.37. The van der Waals surface area contributed by atoms with Crippen molar-refractivity contribution >= 4 is 40.0 Å². The van der Waals surface area contributed by atoms with E-state index in [1.165, 1.54) is 23.1 Å². The average Bonchev–Trinajstić information content (AvgIpc) is 2.89. The van der Waals surface area contributed by atoms with Crippen LogP contribution in [0.1, 0.15) is 27.2 Å². The van der Waals surface area contributed by atoms with E-state index < -0.39 is 0 Å². The molecule has 0 spiro atoms. The molecule has 0 aliphatic carbocycles. The lowest BCUT2D eigenvalue weighted by molar-refractivity contribution is -0.115. The van der Waals surface area contributed by atoms with Crippen molar-refractivity contribution < 1.29 is 9.59 Å². The summed E-state index contributed by atoms with van der Waals surface area (Å²) in [6.45, 7) is 5.53. The largest absolute Gasteiger partial charge is 0.343 e. The fourth-order valence-corrected chi connectivity index (χ4v) is 4.02. The normalized spacial score (nSPS) is 10.2. The van der Waals surface area contributed by atoms with E-state index in [1.54, 1.807) is 12.1 Å². The number of carbonyl (C=O) groups is 2. The van der Waals surface area contributed by atoms with Crippen molar-refractivity contribution in [2.75, 3.05) is 17.6 Å². The van der Waals surface area contributed by atoms with Crippen LogP contribution in [0.2, 0.25) is 0 Å². The van der Waals surface area contributed by atoms with Crippen molar-refractivity contribution in [3.8, 4) is 6.07 Å². The summed E-state index contributed by atoms with van der Waals surface area (Å²) in [6.07, 6.45) is 0. The van der Waals surface area contributed by atoms with Gasteiger partial charge in [-0.2, -0.15) is 5.26 Å². The van der Waals surface area contributed by atoms with Gasteiger partial charge >= 0.3 is 0 Å². The Kier molecular flexibility index (Phi) is 6.56. The first-order valence-electron chi connectivity index (χ1n) is 7.52. The summed E-state index contributed by atoms with van der Waals surface area (Å²) >= 11 is 2.71. The third kappa shape index (κ3) is 5.59. The highest BCUT2D eigenvalue weighted by Crippen LogP contribution is 2.31. The van der Waals surface area contributed by atoms with Gasteiger partial charge in [0.15, 0.2) is 5.13 Å². The minimum atomic E-state index is -0.344. The van der Waals surface area contributed by atoms with Gasteiger partial charge in [-0.1, -0.05) is 40.3 Å². The van der Waals surface area contributed by atoms with Gasteiger partial charge < -0.3 is 10.6 Å². The predicted molar refractivity (Wildman–Crippen MR) is 100 cm³/mol. The molecule has 1 aromatic carbocycles. The van der Waals surface area contributed by atoms with Crippen LogP contribution in [0.5, 0.6) is 0 Å². The molecule has 0 aliphatic heterocycles. The van der Waals surface area contributed by atoms with Crippen LogP contribution in [-0.4, -0.2) is 29.1 Å². The summed E-state index contributed by atoms with van der Waals surface area (Å²) in [7, 11) is 0. The van der Waals surface area contributed by atoms with Crippen molar-refractivity contribution in [2.24, 2.45) is 0 Å². The maximum Gasteiger partial charge on any atom is 0.251 e. The second-order valence-corrected chi connectivity index (χ2v) is 7.69. The van der Waals surface area contributed by atoms with Crippen LogP contribution in [0.3, 0.4) is 0 Å². The van der Waals surface area contributed by atoms with Crippen LogP contribution in [0, 0.1) is 32.1 Å². The van der Waals surface area contributed by atoms with E-state index in [4.69, 9.17) is 5.26 Å². The summed E-state index contributed by atoms with van der Waals surface area (Å²) in [5.41, 5.74) is 3.30. The van der Waals surface area contributed by atoms with Crippen molar-refractivity contribution in [1.29, 1.82) is 5.26 Å². The van der Waals surface area contributed by atoms with E-state index in [9.17, 15) is 9.59 Å². The number of hydrogen-bond donors (Lipinski definition) is 2. The van der Waals surface area contributed by atoms with Crippen molar-refractivity contribution in [3.63, 3.8) is 0 Å². The number of thioether (sulfide) groups is 1. The third-order valence-electron chi connectivity index (χ3n) is 3.16. The molecule has 0 bridgehead atoms. The summed E-state index contributed by atoms with van der Waals surface area (Å²) < 4.78 is 0.899. The van der Waals surface area contributed by atoms with Crippen LogP contribution in [0.25, 0.3) is 0 Å². The van der Waals surface area contributed by atoms with Gasteiger partial charge in [0.25, 0.3) is 5.91 Å². The van der Waals surface area contributed by atoms with E-state index in [1.807, 2.05) is 26.8 Å². The molecule has 0 unspecified atom stereocenters. The Morgan fingerprint density at radius 1 is 1.24 bits per heavy atom. The zero-order valence-electron chi connectivity index (χ0n) is 14.2. The number of aryl methyl sites for hydroxylation is 3. The number of nitriles is 1. The molecule has 25 heavy (non-hydrogen) atoms. The second-order valence-electron chi connectivity index (χ2n) is 5.45. The fourth-order valence-electron chi connectivity index (χ4n) is 2.20. The number of aromatic nitrogens is 1. The Balaban J connectivity index is 1.90. The van der Waals surface area contributed by atoms with Gasteiger partial charge in [0.05, 0.1) is 28.3 Å². The molecule has 0 aliphatic rings. The molecule has 2 aromatic rings. The van der Waals surface area contributed by atoms with Gasteiger partial charge in [0.1, 0.15) is 0 Å². The smallest absolute Gasteiger partial charge is 0.251 e. The number of benzene rings is 1. The van der Waals surface area contributed by atoms with E-state index >= 15 is 0 Å². The quantitative estimate of drug-likeness (QED) is 0.758. The molecule has 130 valence electrons. The standard InChI is InChI=1S/C17H18N4O2S2/c1-10-6-11(2)8-13(7-10)15(23)19-9-14(22)21-17-20-12(3)16(25-17)24-5-4-18/h6-8H,5,9H2,1-3H3,(H,19,23)(H,20,21,22). The van der Waals surface area contributed by atoms with Crippen LogP contribution >= 0.6 is 23.1 Å². The van der Waals surface area contributed by atoms with Crippen LogP contribution in [-0.2, 0) is 4.79 Å². The number of nitrogens with one attached hydrogen (secondary N) is 2. The Morgan fingerprint density at radius 3 is 2.56 bits per heavy atom. The molecule has 8 heteroatoms. The second kappa shape index (κ2) is 8.65. The first-order valence-corrected chi connectivity index (χ1v) is 9.32. The SMILES string of the molecule is Cc1cc(C)cc(C(=O)NCC(=O)Nc2nc(C)c(SCC#N)s2)c1. The van der Waals surface area contributed by atoms with Gasteiger partial charge in [0, 0.05) is 5.56 Å². The highest BCUT2D eigenvalue weighted by molar-refractivity contribution is 8.01. The average molecular weight is 374 g/mol. The van der Waals surface area contributed by atoms with Crippen LogP contribution in [0.4, 0.5) is 5.13 Å². The highest BCUT2D eigenvalue weighted by Gasteiger charge is 2.12. The number of amides is 2. The minimum absolute atomic E-state index is 0.134. The maximum atomic E-state index is 12.1. The van der Waals surface area contributed by atoms with Crippen LogP contribution < -0.4 is 10.6 Å². The van der Waals surface area contributed by atoms with Gasteiger partial charge in [-0.05, 0) is 32.9 Å². The van der Waals surface area contributed by atoms with Crippen molar-refractivity contribution in [1.82, 2.24) is 10.3 Å². The summed E-state index contributed by atoms with van der Waals surface area (Å²) in [5.74, 6) is -0.298. The Bertz CT molecular complexity index is 819. The molecule has 0 atom stereocenters. The number of carbonyl (C=O) groups excluding carboxylic acids is 2. The summed E-state index contributed by atoms with van der Waals surface area (Å²) in [5, 5.41) is 14.4. The molecular weight excluding hydrogens is 356 g/mol. The maximum absolute atomic E-state index is 12.1. The summed E-state index contributed by atoms with van der Waals surface area (Å²) in [6, 6.07) is 7.60. The minimum Gasteiger partial charge on any atom is -0.343 e. The van der Waals surface area contributed by atoms with Crippen molar-refractivity contribution in [2.45, 2.75) is 25.0 Å². The molecule has 2 amide bonds. The van der Waals surface area contributed by atoms with E-state index in [-0.39, 0.29) is 18.4 Å². The number of thiazole rings is 1. The summed E-state index contributed by atoms with van der Waals surface area (Å²) in [4.78, 5) is 28.4. The number of anilines is 1. The lowest BCUT2D eigenvalue weighted by atomic mass is 10.1. The molecule has 2 rings (SSSR count). The first-order chi connectivity index (χ1) is 11.9. The molecule has 1 heterocycles. The molecule has 2 N–H and O–H groups in total. The molecule has 0 fully saturated rings. The number of nitrogens with zero attached hydrogens (tertiary/aromatic N) is 2. The van der Waals surface area contributed by atoms with E-state index in [0.717, 1.165) is 21.0 Å². The molecular formula is C17H18N4O2S2. The lowest BCUT2D eigenvalue weighted by Crippen LogP contribution is -2.32. The van der Waals surface area contributed by atoms with Gasteiger partial charge in [0.2, 0.25) is 5.91 Å². The Labute approximate surface area is 154 Å². The third-order valence-corrected chi connectivity index (χ3v) is 5.46. The molecule has 6 nitrogen and oxygen atoms in total. The topological polar surface area (TPSA) is 94.9 Å². The molecule has 1 aromatic heterocycles. The number of rotatable bonds is 6. The Morgan fingerprint density at radius 2 is 1.92 bits per heavy atom. The van der Waals surface area contributed by atoms with Crippen molar-refractivity contribution in [3.05, 3.63) is 40.6 Å².